The van der Waals surface area contributed by atoms with Crippen molar-refractivity contribution in [2.24, 2.45) is 5.10 Å². The van der Waals surface area contributed by atoms with Crippen LogP contribution in [0, 0.1) is 0 Å². The maximum absolute atomic E-state index is 11.7. The van der Waals surface area contributed by atoms with Crippen LogP contribution in [0.3, 0.4) is 0 Å². The third kappa shape index (κ3) is 6.57. The number of hydrogen-bond donors (Lipinski definition) is 1. The number of hydrogen-bond acceptors (Lipinski definition) is 5. The summed E-state index contributed by atoms with van der Waals surface area (Å²) in [5.41, 5.74) is 3.56. The molecule has 6 nitrogen and oxygen atoms in total. The molecule has 0 spiro atoms. The molecule has 26 heavy (non-hydrogen) atoms. The van der Waals surface area contributed by atoms with E-state index in [9.17, 15) is 9.59 Å². The smallest absolute Gasteiger partial charge is 0.338 e. The van der Waals surface area contributed by atoms with E-state index in [1.54, 1.807) is 42.5 Å². The molecule has 2 aromatic carbocycles. The Bertz CT molecular complexity index is 775. The van der Waals surface area contributed by atoms with Crippen LogP contribution in [-0.4, -0.2) is 31.3 Å². The van der Waals surface area contributed by atoms with E-state index in [4.69, 9.17) is 21.1 Å². The van der Waals surface area contributed by atoms with Crippen LogP contribution in [0.25, 0.3) is 0 Å². The molecule has 0 heterocycles. The highest BCUT2D eigenvalue weighted by molar-refractivity contribution is 6.30. The molecule has 1 amide bonds. The molecule has 0 aromatic heterocycles. The highest BCUT2D eigenvalue weighted by Gasteiger charge is 2.07. The van der Waals surface area contributed by atoms with Gasteiger partial charge in [-0.25, -0.2) is 10.2 Å². The van der Waals surface area contributed by atoms with E-state index in [-0.39, 0.29) is 12.6 Å². The molecule has 0 saturated carbocycles. The lowest BCUT2D eigenvalue weighted by Gasteiger charge is -2.06. The minimum Gasteiger partial charge on any atom is -0.484 e. The second kappa shape index (κ2) is 10.2. The Morgan fingerprint density at radius 2 is 1.96 bits per heavy atom. The summed E-state index contributed by atoms with van der Waals surface area (Å²) in [5, 5.41) is 4.42. The molecule has 1 N–H and O–H groups in total. The summed E-state index contributed by atoms with van der Waals surface area (Å²) in [5.74, 6) is -0.327. The standard InChI is InChI=1S/C19H19ClN2O4/c1-2-10-25-19(24)15-6-8-17(9-7-15)26-13-18(23)22-21-12-14-4-3-5-16(20)11-14/h3-9,11-12H,2,10,13H2,1H3,(H,22,23)/b21-12+. The van der Waals surface area contributed by atoms with E-state index in [0.29, 0.717) is 22.9 Å². The van der Waals surface area contributed by atoms with Gasteiger partial charge < -0.3 is 9.47 Å². The fourth-order valence-electron chi connectivity index (χ4n) is 1.91. The molecule has 0 fully saturated rings. The van der Waals surface area contributed by atoms with Crippen LogP contribution in [0.4, 0.5) is 0 Å². The van der Waals surface area contributed by atoms with E-state index in [0.717, 1.165) is 12.0 Å². The molecular weight excluding hydrogens is 356 g/mol. The second-order valence-electron chi connectivity index (χ2n) is 5.30. The van der Waals surface area contributed by atoms with Gasteiger partial charge in [-0.15, -0.1) is 0 Å². The Morgan fingerprint density at radius 3 is 2.65 bits per heavy atom. The Kier molecular flexibility index (Phi) is 7.64. The lowest BCUT2D eigenvalue weighted by molar-refractivity contribution is -0.123. The first kappa shape index (κ1) is 19.5. The van der Waals surface area contributed by atoms with Crippen LogP contribution < -0.4 is 10.2 Å². The number of esters is 1. The molecule has 0 radical (unpaired) electrons. The minimum absolute atomic E-state index is 0.202. The number of halogens is 1. The third-order valence-corrected chi connectivity index (χ3v) is 3.38. The summed E-state index contributed by atoms with van der Waals surface area (Å²) in [4.78, 5) is 23.4. The van der Waals surface area contributed by atoms with Crippen molar-refractivity contribution in [1.82, 2.24) is 5.43 Å². The molecule has 136 valence electrons. The van der Waals surface area contributed by atoms with Crippen LogP contribution >= 0.6 is 11.6 Å². The van der Waals surface area contributed by atoms with E-state index in [1.165, 1.54) is 6.21 Å². The number of carbonyl (C=O) groups is 2. The van der Waals surface area contributed by atoms with Crippen molar-refractivity contribution < 1.29 is 19.1 Å². The molecule has 0 atom stereocenters. The van der Waals surface area contributed by atoms with Crippen LogP contribution in [0.1, 0.15) is 29.3 Å². The number of benzene rings is 2. The highest BCUT2D eigenvalue weighted by Crippen LogP contribution is 2.13. The molecule has 0 bridgehead atoms. The normalized spacial score (nSPS) is 10.5. The first-order valence-corrected chi connectivity index (χ1v) is 8.43. The number of carbonyl (C=O) groups excluding carboxylic acids is 2. The first-order chi connectivity index (χ1) is 12.6. The summed E-state index contributed by atoms with van der Waals surface area (Å²) in [6, 6.07) is 13.4. The van der Waals surface area contributed by atoms with Crippen molar-refractivity contribution in [3.05, 3.63) is 64.7 Å². The lowest BCUT2D eigenvalue weighted by Crippen LogP contribution is -2.24. The Morgan fingerprint density at radius 1 is 1.19 bits per heavy atom. The zero-order valence-electron chi connectivity index (χ0n) is 14.3. The van der Waals surface area contributed by atoms with Gasteiger partial charge in [-0.1, -0.05) is 30.7 Å². The quantitative estimate of drug-likeness (QED) is 0.436. The fourth-order valence-corrected chi connectivity index (χ4v) is 2.11. The number of hydrazone groups is 1. The van der Waals surface area contributed by atoms with Gasteiger partial charge in [0.25, 0.3) is 5.91 Å². The van der Waals surface area contributed by atoms with E-state index < -0.39 is 5.91 Å². The molecule has 2 rings (SSSR count). The summed E-state index contributed by atoms with van der Waals surface area (Å²) in [6.07, 6.45) is 2.25. The molecule has 2 aromatic rings. The van der Waals surface area contributed by atoms with Gasteiger partial charge in [0, 0.05) is 5.02 Å². The highest BCUT2D eigenvalue weighted by atomic mass is 35.5. The van der Waals surface area contributed by atoms with E-state index in [1.807, 2.05) is 13.0 Å². The van der Waals surface area contributed by atoms with Crippen LogP contribution in [-0.2, 0) is 9.53 Å². The fraction of sp³-hybridized carbons (Fsp3) is 0.211. The number of amides is 1. The van der Waals surface area contributed by atoms with Gasteiger partial charge in [-0.05, 0) is 48.4 Å². The lowest BCUT2D eigenvalue weighted by atomic mass is 10.2. The van der Waals surface area contributed by atoms with E-state index >= 15 is 0 Å². The monoisotopic (exact) mass is 374 g/mol. The third-order valence-electron chi connectivity index (χ3n) is 3.15. The molecule has 0 aliphatic heterocycles. The summed E-state index contributed by atoms with van der Waals surface area (Å²) < 4.78 is 10.4. The maximum atomic E-state index is 11.7. The maximum Gasteiger partial charge on any atom is 0.338 e. The van der Waals surface area contributed by atoms with Crippen molar-refractivity contribution in [2.45, 2.75) is 13.3 Å². The predicted octanol–water partition coefficient (Wildman–Crippen LogP) is 3.44. The topological polar surface area (TPSA) is 77.0 Å². The van der Waals surface area contributed by atoms with Gasteiger partial charge in [0.1, 0.15) is 5.75 Å². The van der Waals surface area contributed by atoms with Crippen molar-refractivity contribution in [3.8, 4) is 5.75 Å². The number of nitrogens with zero attached hydrogens (tertiary/aromatic N) is 1. The van der Waals surface area contributed by atoms with Gasteiger partial charge in [-0.2, -0.15) is 5.10 Å². The van der Waals surface area contributed by atoms with E-state index in [2.05, 4.69) is 10.5 Å². The van der Waals surface area contributed by atoms with Crippen LogP contribution in [0.5, 0.6) is 5.75 Å². The van der Waals surface area contributed by atoms with Crippen LogP contribution in [0.15, 0.2) is 53.6 Å². The SMILES string of the molecule is CCCOC(=O)c1ccc(OCC(=O)N/N=C/c2cccc(Cl)c2)cc1. The Balaban J connectivity index is 1.77. The van der Waals surface area contributed by atoms with Gasteiger partial charge in [0.05, 0.1) is 18.4 Å². The molecule has 0 unspecified atom stereocenters. The molecule has 7 heteroatoms. The largest absolute Gasteiger partial charge is 0.484 e. The van der Waals surface area contributed by atoms with Crippen molar-refractivity contribution >= 4 is 29.7 Å². The Labute approximate surface area is 156 Å². The molecule has 0 aliphatic rings. The molecule has 0 aliphatic carbocycles. The van der Waals surface area contributed by atoms with Gasteiger partial charge >= 0.3 is 5.97 Å². The average Bonchev–Trinajstić information content (AvgIpc) is 2.65. The second-order valence-corrected chi connectivity index (χ2v) is 5.73. The number of nitrogens with one attached hydrogen (secondary N) is 1. The van der Waals surface area contributed by atoms with Crippen molar-refractivity contribution in [3.63, 3.8) is 0 Å². The molecular formula is C19H19ClN2O4. The zero-order valence-corrected chi connectivity index (χ0v) is 15.0. The number of rotatable bonds is 8. The van der Waals surface area contributed by atoms with Crippen LogP contribution in [0.2, 0.25) is 5.02 Å². The zero-order chi connectivity index (χ0) is 18.8. The summed E-state index contributed by atoms with van der Waals surface area (Å²) in [6.45, 7) is 2.10. The summed E-state index contributed by atoms with van der Waals surface area (Å²) >= 11 is 5.86. The van der Waals surface area contributed by atoms with Crippen molar-refractivity contribution in [1.29, 1.82) is 0 Å². The predicted molar refractivity (Wildman–Crippen MR) is 99.7 cm³/mol. The minimum atomic E-state index is -0.408. The van der Waals surface area contributed by atoms with Gasteiger partial charge in [0.15, 0.2) is 6.61 Å². The van der Waals surface area contributed by atoms with Gasteiger partial charge in [0.2, 0.25) is 0 Å². The molecule has 0 saturated heterocycles. The average molecular weight is 375 g/mol. The summed E-state index contributed by atoms with van der Waals surface area (Å²) in [7, 11) is 0. The van der Waals surface area contributed by atoms with Crippen molar-refractivity contribution in [2.75, 3.05) is 13.2 Å². The van der Waals surface area contributed by atoms with Gasteiger partial charge in [-0.3, -0.25) is 4.79 Å². The first-order valence-electron chi connectivity index (χ1n) is 8.06. The number of ether oxygens (including phenoxy) is 2. The Hall–Kier alpha value is -2.86.